The summed E-state index contributed by atoms with van der Waals surface area (Å²) in [6.45, 7) is 0.391. The maximum absolute atomic E-state index is 12.3. The van der Waals surface area contributed by atoms with E-state index in [4.69, 9.17) is 5.73 Å². The zero-order valence-corrected chi connectivity index (χ0v) is 13.2. The Labute approximate surface area is 137 Å². The Morgan fingerprint density at radius 3 is 2.62 bits per heavy atom. The molecule has 1 aromatic rings. The number of halogens is 3. The van der Waals surface area contributed by atoms with Gasteiger partial charge >= 0.3 is 12.3 Å². The molecular formula is C15H20F3N3O3. The molecule has 0 aromatic heterocycles. The van der Waals surface area contributed by atoms with Crippen molar-refractivity contribution in [1.82, 2.24) is 0 Å². The van der Waals surface area contributed by atoms with Crippen LogP contribution in [0.25, 0.3) is 0 Å². The van der Waals surface area contributed by atoms with Crippen molar-refractivity contribution in [2.24, 2.45) is 10.7 Å². The average Bonchev–Trinajstić information content (AvgIpc) is 2.51. The maximum Gasteiger partial charge on any atom is 0.573 e. The monoisotopic (exact) mass is 347 g/mol. The predicted molar refractivity (Wildman–Crippen MR) is 83.7 cm³/mol. The van der Waals surface area contributed by atoms with E-state index in [1.807, 2.05) is 0 Å². The van der Waals surface area contributed by atoms with Gasteiger partial charge in [-0.3, -0.25) is 9.79 Å². The highest BCUT2D eigenvalue weighted by atomic mass is 19.4. The number of nitrogens with one attached hydrogen (secondary N) is 1. The number of methoxy groups -OCH3 is 1. The van der Waals surface area contributed by atoms with E-state index in [0.717, 1.165) is 6.42 Å². The van der Waals surface area contributed by atoms with Crippen LogP contribution in [0.3, 0.4) is 0 Å². The number of ether oxygens (including phenoxy) is 2. The van der Waals surface area contributed by atoms with Crippen molar-refractivity contribution in [1.29, 1.82) is 0 Å². The number of anilines is 1. The number of nitrogens with zero attached hydrogens (tertiary/aromatic N) is 1. The summed E-state index contributed by atoms with van der Waals surface area (Å²) in [6, 6.07) is 5.54. The number of guanidine groups is 1. The summed E-state index contributed by atoms with van der Waals surface area (Å²) >= 11 is 0. The fourth-order valence-corrected chi connectivity index (χ4v) is 1.82. The van der Waals surface area contributed by atoms with Crippen LogP contribution in [0.5, 0.6) is 5.75 Å². The van der Waals surface area contributed by atoms with Gasteiger partial charge in [-0.2, -0.15) is 0 Å². The summed E-state index contributed by atoms with van der Waals surface area (Å²) in [5, 5.41) is 2.58. The van der Waals surface area contributed by atoms with Gasteiger partial charge in [-0.1, -0.05) is 18.6 Å². The Hall–Kier alpha value is -2.45. The lowest BCUT2D eigenvalue weighted by atomic mass is 10.2. The Morgan fingerprint density at radius 2 is 1.96 bits per heavy atom. The second kappa shape index (κ2) is 9.64. The third-order valence-corrected chi connectivity index (χ3v) is 2.92. The summed E-state index contributed by atoms with van der Waals surface area (Å²) in [6.07, 6.45) is -2.31. The van der Waals surface area contributed by atoms with Crippen LogP contribution in [-0.2, 0) is 9.53 Å². The van der Waals surface area contributed by atoms with Crippen molar-refractivity contribution in [3.63, 3.8) is 0 Å². The molecule has 0 saturated heterocycles. The number of rotatable bonds is 8. The lowest BCUT2D eigenvalue weighted by Crippen LogP contribution is -2.24. The normalized spacial score (nSPS) is 11.9. The highest BCUT2D eigenvalue weighted by Gasteiger charge is 2.32. The van der Waals surface area contributed by atoms with Crippen LogP contribution in [0.2, 0.25) is 0 Å². The van der Waals surface area contributed by atoms with E-state index in [0.29, 0.717) is 25.8 Å². The molecule has 3 N–H and O–H groups in total. The largest absolute Gasteiger partial charge is 0.573 e. The van der Waals surface area contributed by atoms with E-state index in [9.17, 15) is 18.0 Å². The number of alkyl halides is 3. The van der Waals surface area contributed by atoms with Crippen LogP contribution in [-0.4, -0.2) is 31.9 Å². The maximum atomic E-state index is 12.3. The molecule has 1 rings (SSSR count). The van der Waals surface area contributed by atoms with E-state index < -0.39 is 6.36 Å². The van der Waals surface area contributed by atoms with Crippen molar-refractivity contribution >= 4 is 17.6 Å². The van der Waals surface area contributed by atoms with Gasteiger partial charge in [0.1, 0.15) is 0 Å². The molecule has 0 fully saturated rings. The van der Waals surface area contributed by atoms with Gasteiger partial charge in [-0.15, -0.1) is 13.2 Å². The van der Waals surface area contributed by atoms with Gasteiger partial charge in [0.15, 0.2) is 11.7 Å². The van der Waals surface area contributed by atoms with Crippen LogP contribution in [0.1, 0.15) is 25.7 Å². The zero-order valence-electron chi connectivity index (χ0n) is 13.2. The molecule has 0 unspecified atom stereocenters. The molecule has 0 spiro atoms. The van der Waals surface area contributed by atoms with Gasteiger partial charge in [0.2, 0.25) is 0 Å². The molecule has 0 aliphatic heterocycles. The quantitative estimate of drug-likeness (QED) is 0.327. The molecule has 0 amide bonds. The Kier molecular flexibility index (Phi) is 7.87. The van der Waals surface area contributed by atoms with Crippen LogP contribution in [0, 0.1) is 0 Å². The molecule has 0 saturated carbocycles. The molecule has 24 heavy (non-hydrogen) atoms. The van der Waals surface area contributed by atoms with E-state index in [1.54, 1.807) is 6.07 Å². The van der Waals surface area contributed by atoms with Crippen molar-refractivity contribution < 1.29 is 27.4 Å². The van der Waals surface area contributed by atoms with Crippen molar-refractivity contribution in [3.8, 4) is 5.75 Å². The topological polar surface area (TPSA) is 85.9 Å². The lowest BCUT2D eigenvalue weighted by molar-refractivity contribution is -0.274. The number of carbonyl (C=O) groups is 1. The van der Waals surface area contributed by atoms with Crippen molar-refractivity contribution in [3.05, 3.63) is 24.3 Å². The predicted octanol–water partition coefficient (Wildman–Crippen LogP) is 3.05. The van der Waals surface area contributed by atoms with Crippen LogP contribution >= 0.6 is 0 Å². The standard InChI is InChI=1S/C15H20F3N3O3/c1-23-13(22)9-3-2-6-10-20-14(19)21-11-7-4-5-8-12(11)24-15(16,17)18/h4-5,7-8H,2-3,6,9-10H2,1H3,(H3,19,20,21). The molecule has 0 bridgehead atoms. The number of carbonyl (C=O) groups excluding carboxylic acids is 1. The second-order valence-corrected chi connectivity index (χ2v) is 4.82. The number of nitrogens with two attached hydrogens (primary N) is 1. The number of unbranched alkanes of at least 4 members (excludes halogenated alkanes) is 2. The minimum absolute atomic E-state index is 0.0128. The summed E-state index contributed by atoms with van der Waals surface area (Å²) in [5.74, 6) is -0.664. The summed E-state index contributed by atoms with van der Waals surface area (Å²) in [7, 11) is 1.33. The van der Waals surface area contributed by atoms with Crippen molar-refractivity contribution in [2.75, 3.05) is 19.0 Å². The molecule has 0 atom stereocenters. The summed E-state index contributed by atoms with van der Waals surface area (Å²) in [5.41, 5.74) is 5.72. The fraction of sp³-hybridized carbons (Fsp3) is 0.467. The summed E-state index contributed by atoms with van der Waals surface area (Å²) < 4.78 is 45.4. The Morgan fingerprint density at radius 1 is 1.25 bits per heavy atom. The number of aliphatic imine (C=N–C) groups is 1. The van der Waals surface area contributed by atoms with E-state index in [1.165, 1.54) is 25.3 Å². The van der Waals surface area contributed by atoms with Gasteiger partial charge in [-0.25, -0.2) is 0 Å². The fourth-order valence-electron chi connectivity index (χ4n) is 1.82. The molecule has 0 heterocycles. The first-order valence-electron chi connectivity index (χ1n) is 7.30. The molecule has 134 valence electrons. The molecule has 1 aromatic carbocycles. The molecule has 6 nitrogen and oxygen atoms in total. The number of hydrogen-bond donors (Lipinski definition) is 2. The third kappa shape index (κ3) is 8.25. The van der Waals surface area contributed by atoms with Gasteiger partial charge in [0, 0.05) is 13.0 Å². The van der Waals surface area contributed by atoms with E-state index in [2.05, 4.69) is 19.8 Å². The number of esters is 1. The van der Waals surface area contributed by atoms with Gasteiger partial charge in [0.25, 0.3) is 0 Å². The molecule has 0 aliphatic rings. The molecular weight excluding hydrogens is 327 g/mol. The van der Waals surface area contributed by atoms with Gasteiger partial charge < -0.3 is 20.5 Å². The molecule has 0 radical (unpaired) electrons. The first-order chi connectivity index (χ1) is 11.3. The average molecular weight is 347 g/mol. The first kappa shape index (κ1) is 19.6. The first-order valence-corrected chi connectivity index (χ1v) is 7.30. The van der Waals surface area contributed by atoms with Crippen LogP contribution in [0.15, 0.2) is 29.3 Å². The minimum Gasteiger partial charge on any atom is -0.469 e. The number of para-hydroxylation sites is 2. The highest BCUT2D eigenvalue weighted by Crippen LogP contribution is 2.29. The second-order valence-electron chi connectivity index (χ2n) is 4.82. The smallest absolute Gasteiger partial charge is 0.469 e. The van der Waals surface area contributed by atoms with Gasteiger partial charge in [-0.05, 0) is 25.0 Å². The van der Waals surface area contributed by atoms with E-state index in [-0.39, 0.29) is 23.4 Å². The minimum atomic E-state index is -4.79. The Balaban J connectivity index is 2.44. The van der Waals surface area contributed by atoms with Crippen LogP contribution < -0.4 is 15.8 Å². The lowest BCUT2D eigenvalue weighted by Gasteiger charge is -2.14. The SMILES string of the molecule is COC(=O)CCCCCN=C(N)Nc1ccccc1OC(F)(F)F. The highest BCUT2D eigenvalue weighted by molar-refractivity contribution is 5.93. The summed E-state index contributed by atoms with van der Waals surface area (Å²) in [4.78, 5) is 14.9. The number of benzene rings is 1. The zero-order chi connectivity index (χ0) is 18.0. The number of hydrogen-bond acceptors (Lipinski definition) is 4. The van der Waals surface area contributed by atoms with Gasteiger partial charge in [0.05, 0.1) is 12.8 Å². The van der Waals surface area contributed by atoms with E-state index >= 15 is 0 Å². The molecule has 0 aliphatic carbocycles. The Bertz CT molecular complexity index is 562. The van der Waals surface area contributed by atoms with Crippen LogP contribution in [0.4, 0.5) is 18.9 Å². The molecule has 9 heteroatoms. The third-order valence-electron chi connectivity index (χ3n) is 2.92. The van der Waals surface area contributed by atoms with Crippen molar-refractivity contribution in [2.45, 2.75) is 32.0 Å².